The van der Waals surface area contributed by atoms with Gasteiger partial charge in [-0.05, 0) is 19.3 Å². The third-order valence-electron chi connectivity index (χ3n) is 3.28. The van der Waals surface area contributed by atoms with E-state index in [1.807, 2.05) is 0 Å². The SMILES string of the molecule is C[C@@H]1C[C@@H](O)[C@](N)(C(=O)O)C[C@]1(C)O. The van der Waals surface area contributed by atoms with Gasteiger partial charge in [-0.1, -0.05) is 6.92 Å². The number of nitrogens with two attached hydrogens (primary N) is 1. The second kappa shape index (κ2) is 3.18. The zero-order valence-electron chi connectivity index (χ0n) is 8.40. The molecule has 5 heteroatoms. The summed E-state index contributed by atoms with van der Waals surface area (Å²) >= 11 is 0. The fourth-order valence-electron chi connectivity index (χ4n) is 1.90. The molecular weight excluding hydrogens is 186 g/mol. The minimum absolute atomic E-state index is 0.127. The summed E-state index contributed by atoms with van der Waals surface area (Å²) in [6.45, 7) is 3.32. The predicted molar refractivity (Wildman–Crippen MR) is 49.6 cm³/mol. The Morgan fingerprint density at radius 2 is 2.07 bits per heavy atom. The summed E-state index contributed by atoms with van der Waals surface area (Å²) in [5.74, 6) is -1.43. The number of aliphatic carboxylic acids is 1. The van der Waals surface area contributed by atoms with Crippen molar-refractivity contribution in [3.8, 4) is 0 Å². The lowest BCUT2D eigenvalue weighted by Gasteiger charge is -2.45. The van der Waals surface area contributed by atoms with Crippen LogP contribution in [0.25, 0.3) is 0 Å². The summed E-state index contributed by atoms with van der Waals surface area (Å²) in [7, 11) is 0. The van der Waals surface area contributed by atoms with Gasteiger partial charge in [0.05, 0.1) is 11.7 Å². The molecule has 0 aromatic heterocycles. The highest BCUT2D eigenvalue weighted by Crippen LogP contribution is 2.38. The highest BCUT2D eigenvalue weighted by Gasteiger charge is 2.53. The van der Waals surface area contributed by atoms with Gasteiger partial charge >= 0.3 is 5.97 Å². The quantitative estimate of drug-likeness (QED) is 0.451. The molecule has 1 rings (SSSR count). The molecule has 4 atom stereocenters. The van der Waals surface area contributed by atoms with Gasteiger partial charge in [-0.15, -0.1) is 0 Å². The third-order valence-corrected chi connectivity index (χ3v) is 3.28. The molecule has 0 aromatic rings. The molecule has 1 aliphatic carbocycles. The van der Waals surface area contributed by atoms with Crippen LogP contribution in [0.1, 0.15) is 26.7 Å². The number of carbonyl (C=O) groups is 1. The Labute approximate surface area is 82.5 Å². The number of aliphatic hydroxyl groups is 2. The van der Waals surface area contributed by atoms with E-state index in [0.29, 0.717) is 0 Å². The summed E-state index contributed by atoms with van der Waals surface area (Å²) in [6, 6.07) is 0. The van der Waals surface area contributed by atoms with Crippen LogP contribution in [0.4, 0.5) is 0 Å². The van der Waals surface area contributed by atoms with E-state index < -0.39 is 23.2 Å². The van der Waals surface area contributed by atoms with Gasteiger partial charge in [0.2, 0.25) is 0 Å². The first-order chi connectivity index (χ1) is 6.20. The molecule has 1 aliphatic rings. The molecule has 0 bridgehead atoms. The normalized spacial score (nSPS) is 48.9. The first-order valence-corrected chi connectivity index (χ1v) is 4.63. The van der Waals surface area contributed by atoms with E-state index in [-0.39, 0.29) is 18.8 Å². The van der Waals surface area contributed by atoms with E-state index in [4.69, 9.17) is 10.8 Å². The number of carboxylic acids is 1. The van der Waals surface area contributed by atoms with Crippen LogP contribution in [0.5, 0.6) is 0 Å². The summed E-state index contributed by atoms with van der Waals surface area (Å²) in [6.07, 6.45) is -1.02. The molecule has 0 amide bonds. The van der Waals surface area contributed by atoms with Crippen molar-refractivity contribution in [2.45, 2.75) is 43.9 Å². The van der Waals surface area contributed by atoms with Crippen molar-refractivity contribution < 1.29 is 20.1 Å². The lowest BCUT2D eigenvalue weighted by molar-refractivity contribution is -0.162. The smallest absolute Gasteiger partial charge is 0.326 e. The Hall–Kier alpha value is -0.650. The third kappa shape index (κ3) is 1.63. The topological polar surface area (TPSA) is 104 Å². The van der Waals surface area contributed by atoms with Crippen LogP contribution in [0.3, 0.4) is 0 Å². The highest BCUT2D eigenvalue weighted by atomic mass is 16.4. The molecule has 0 radical (unpaired) electrons. The van der Waals surface area contributed by atoms with Gasteiger partial charge in [-0.25, -0.2) is 0 Å². The molecular formula is C9H17NO4. The van der Waals surface area contributed by atoms with Gasteiger partial charge < -0.3 is 21.1 Å². The number of rotatable bonds is 1. The van der Waals surface area contributed by atoms with Crippen LogP contribution in [-0.4, -0.2) is 38.5 Å². The van der Waals surface area contributed by atoms with E-state index in [2.05, 4.69) is 0 Å². The van der Waals surface area contributed by atoms with E-state index in [1.54, 1.807) is 13.8 Å². The maximum absolute atomic E-state index is 10.9. The minimum atomic E-state index is -1.73. The summed E-state index contributed by atoms with van der Waals surface area (Å²) < 4.78 is 0. The zero-order chi connectivity index (χ0) is 11.1. The molecule has 5 N–H and O–H groups in total. The molecule has 0 unspecified atom stereocenters. The van der Waals surface area contributed by atoms with E-state index in [0.717, 1.165) is 0 Å². The Kier molecular flexibility index (Phi) is 2.60. The fourth-order valence-corrected chi connectivity index (χ4v) is 1.90. The summed E-state index contributed by atoms with van der Waals surface area (Å²) in [4.78, 5) is 10.9. The van der Waals surface area contributed by atoms with Crippen molar-refractivity contribution in [2.75, 3.05) is 0 Å². The Balaban J connectivity index is 2.96. The zero-order valence-corrected chi connectivity index (χ0v) is 8.40. The van der Waals surface area contributed by atoms with Gasteiger partial charge in [0, 0.05) is 6.42 Å². The molecule has 14 heavy (non-hydrogen) atoms. The van der Waals surface area contributed by atoms with E-state index in [1.165, 1.54) is 0 Å². The van der Waals surface area contributed by atoms with Gasteiger partial charge in [-0.3, -0.25) is 4.79 Å². The molecule has 1 fully saturated rings. The molecule has 0 saturated heterocycles. The average molecular weight is 203 g/mol. The van der Waals surface area contributed by atoms with Crippen molar-refractivity contribution in [3.63, 3.8) is 0 Å². The van der Waals surface area contributed by atoms with Crippen molar-refractivity contribution in [1.82, 2.24) is 0 Å². The van der Waals surface area contributed by atoms with Crippen molar-refractivity contribution in [2.24, 2.45) is 11.7 Å². The van der Waals surface area contributed by atoms with Crippen LogP contribution in [-0.2, 0) is 4.79 Å². The molecule has 82 valence electrons. The predicted octanol–water partition coefficient (Wildman–Crippen LogP) is -0.690. The van der Waals surface area contributed by atoms with Crippen LogP contribution in [0.15, 0.2) is 0 Å². The second-order valence-corrected chi connectivity index (χ2v) is 4.53. The Morgan fingerprint density at radius 3 is 2.50 bits per heavy atom. The van der Waals surface area contributed by atoms with Crippen LogP contribution in [0.2, 0.25) is 0 Å². The van der Waals surface area contributed by atoms with Crippen molar-refractivity contribution in [1.29, 1.82) is 0 Å². The lowest BCUT2D eigenvalue weighted by atomic mass is 9.67. The molecule has 5 nitrogen and oxygen atoms in total. The molecule has 0 aromatic carbocycles. The maximum Gasteiger partial charge on any atom is 0.326 e. The van der Waals surface area contributed by atoms with Crippen molar-refractivity contribution in [3.05, 3.63) is 0 Å². The first kappa shape index (κ1) is 11.4. The second-order valence-electron chi connectivity index (χ2n) is 4.53. The number of aliphatic hydroxyl groups excluding tert-OH is 1. The van der Waals surface area contributed by atoms with E-state index in [9.17, 15) is 15.0 Å². The highest BCUT2D eigenvalue weighted by molar-refractivity contribution is 5.79. The monoisotopic (exact) mass is 203 g/mol. The maximum atomic E-state index is 10.9. The summed E-state index contributed by atoms with van der Waals surface area (Å²) in [5.41, 5.74) is 2.71. The summed E-state index contributed by atoms with van der Waals surface area (Å²) in [5, 5.41) is 28.4. The molecule has 0 heterocycles. The number of hydrogen-bond acceptors (Lipinski definition) is 4. The average Bonchev–Trinajstić information content (AvgIpc) is 2.00. The fraction of sp³-hybridized carbons (Fsp3) is 0.889. The lowest BCUT2D eigenvalue weighted by Crippen LogP contribution is -2.65. The van der Waals surface area contributed by atoms with Gasteiger partial charge in [0.25, 0.3) is 0 Å². The molecule has 1 saturated carbocycles. The number of carboxylic acid groups (broad SMARTS) is 1. The Morgan fingerprint density at radius 1 is 1.57 bits per heavy atom. The van der Waals surface area contributed by atoms with E-state index >= 15 is 0 Å². The van der Waals surface area contributed by atoms with Gasteiger partial charge in [-0.2, -0.15) is 0 Å². The number of hydrogen-bond donors (Lipinski definition) is 4. The van der Waals surface area contributed by atoms with Gasteiger partial charge in [0.1, 0.15) is 5.54 Å². The van der Waals surface area contributed by atoms with Crippen LogP contribution in [0, 0.1) is 5.92 Å². The molecule has 0 spiro atoms. The first-order valence-electron chi connectivity index (χ1n) is 4.63. The molecule has 0 aliphatic heterocycles. The Bertz CT molecular complexity index is 253. The van der Waals surface area contributed by atoms with Crippen LogP contribution >= 0.6 is 0 Å². The standard InChI is InChI=1S/C9H17NO4/c1-5-3-6(11)9(10,7(12)13)4-8(5,2)14/h5-6,11,14H,3-4,10H2,1-2H3,(H,12,13)/t5-,6-,8+,9+/m1/s1. The van der Waals surface area contributed by atoms with Gasteiger partial charge in [0.15, 0.2) is 0 Å². The minimum Gasteiger partial charge on any atom is -0.480 e. The van der Waals surface area contributed by atoms with Crippen LogP contribution < -0.4 is 5.73 Å². The van der Waals surface area contributed by atoms with Crippen molar-refractivity contribution >= 4 is 5.97 Å². The largest absolute Gasteiger partial charge is 0.480 e.